The molecule has 3 rings (SSSR count). The molecular weight excluding hydrogens is 244 g/mol. The third-order valence-electron chi connectivity index (χ3n) is 4.26. The van der Waals surface area contributed by atoms with Gasteiger partial charge in [-0.2, -0.15) is 0 Å². The van der Waals surface area contributed by atoms with E-state index in [1.165, 1.54) is 0 Å². The fraction of sp³-hybridized carbons (Fsp3) is 0.500. The van der Waals surface area contributed by atoms with Gasteiger partial charge in [0.25, 0.3) is 0 Å². The molecule has 3 N–H and O–H groups in total. The number of ether oxygens (including phenoxy) is 2. The van der Waals surface area contributed by atoms with Crippen molar-refractivity contribution in [3.8, 4) is 11.5 Å². The van der Waals surface area contributed by atoms with Crippen molar-refractivity contribution in [2.24, 2.45) is 5.84 Å². The van der Waals surface area contributed by atoms with Crippen LogP contribution in [0.15, 0.2) is 12.1 Å². The molecule has 1 aromatic rings. The average molecular weight is 262 g/mol. The van der Waals surface area contributed by atoms with Gasteiger partial charge >= 0.3 is 0 Å². The second-order valence-electron chi connectivity index (χ2n) is 5.28. The molecule has 0 spiro atoms. The molecule has 5 heteroatoms. The molecule has 0 unspecified atom stereocenters. The summed E-state index contributed by atoms with van der Waals surface area (Å²) in [7, 11) is 0. The van der Waals surface area contributed by atoms with Crippen LogP contribution >= 0.6 is 0 Å². The maximum Gasteiger partial charge on any atom is 0.244 e. The fourth-order valence-corrected chi connectivity index (χ4v) is 3.29. The van der Waals surface area contributed by atoms with E-state index in [0.29, 0.717) is 0 Å². The van der Waals surface area contributed by atoms with Gasteiger partial charge in [-0.1, -0.05) is 12.8 Å². The van der Waals surface area contributed by atoms with Gasteiger partial charge in [0, 0.05) is 0 Å². The van der Waals surface area contributed by atoms with Crippen LogP contribution in [0, 0.1) is 6.92 Å². The summed E-state index contributed by atoms with van der Waals surface area (Å²) < 4.78 is 10.8. The third kappa shape index (κ3) is 1.76. The predicted molar refractivity (Wildman–Crippen MR) is 69.8 cm³/mol. The third-order valence-corrected chi connectivity index (χ3v) is 4.26. The van der Waals surface area contributed by atoms with E-state index in [1.807, 2.05) is 19.1 Å². The lowest BCUT2D eigenvalue weighted by atomic mass is 9.76. The summed E-state index contributed by atoms with van der Waals surface area (Å²) in [6.07, 6.45) is 3.75. The Morgan fingerprint density at radius 1 is 1.26 bits per heavy atom. The minimum absolute atomic E-state index is 0.105. The Bertz CT molecular complexity index is 522. The van der Waals surface area contributed by atoms with Gasteiger partial charge < -0.3 is 9.47 Å². The van der Waals surface area contributed by atoms with Gasteiger partial charge in [0.2, 0.25) is 12.7 Å². The molecule has 1 aliphatic carbocycles. The summed E-state index contributed by atoms with van der Waals surface area (Å²) >= 11 is 0. The normalized spacial score (nSPS) is 19.5. The van der Waals surface area contributed by atoms with E-state index in [9.17, 15) is 4.79 Å². The molecule has 1 aliphatic heterocycles. The molecule has 5 nitrogen and oxygen atoms in total. The Morgan fingerprint density at radius 2 is 1.89 bits per heavy atom. The zero-order valence-corrected chi connectivity index (χ0v) is 11.0. The van der Waals surface area contributed by atoms with Crippen molar-refractivity contribution in [1.82, 2.24) is 5.43 Å². The van der Waals surface area contributed by atoms with E-state index < -0.39 is 5.41 Å². The first kappa shape index (κ1) is 12.3. The fourth-order valence-electron chi connectivity index (χ4n) is 3.29. The molecule has 0 aromatic heterocycles. The second-order valence-corrected chi connectivity index (χ2v) is 5.28. The molecule has 0 radical (unpaired) electrons. The quantitative estimate of drug-likeness (QED) is 0.481. The zero-order chi connectivity index (χ0) is 13.5. The molecule has 1 amide bonds. The SMILES string of the molecule is Cc1cc2c(cc1C1(C(=O)NN)CCCC1)OCO2. The van der Waals surface area contributed by atoms with Crippen molar-refractivity contribution >= 4 is 5.91 Å². The van der Waals surface area contributed by atoms with E-state index in [4.69, 9.17) is 15.3 Å². The van der Waals surface area contributed by atoms with Gasteiger partial charge in [0.1, 0.15) is 0 Å². The lowest BCUT2D eigenvalue weighted by molar-refractivity contribution is -0.126. The van der Waals surface area contributed by atoms with E-state index in [0.717, 1.165) is 48.3 Å². The predicted octanol–water partition coefficient (Wildman–Crippen LogP) is 1.53. The van der Waals surface area contributed by atoms with E-state index in [1.54, 1.807) is 0 Å². The van der Waals surface area contributed by atoms with Crippen LogP contribution in [0.5, 0.6) is 11.5 Å². The van der Waals surface area contributed by atoms with Crippen LogP contribution in [0.3, 0.4) is 0 Å². The first-order valence-corrected chi connectivity index (χ1v) is 6.59. The number of aryl methyl sites for hydroxylation is 1. The van der Waals surface area contributed by atoms with Crippen molar-refractivity contribution in [1.29, 1.82) is 0 Å². The number of hydrogen-bond donors (Lipinski definition) is 2. The van der Waals surface area contributed by atoms with Crippen molar-refractivity contribution in [3.05, 3.63) is 23.3 Å². The first-order valence-electron chi connectivity index (χ1n) is 6.59. The smallest absolute Gasteiger partial charge is 0.244 e. The summed E-state index contributed by atoms with van der Waals surface area (Å²) in [4.78, 5) is 12.3. The Morgan fingerprint density at radius 3 is 2.53 bits per heavy atom. The van der Waals surface area contributed by atoms with Gasteiger partial charge in [-0.05, 0) is 43.0 Å². The molecule has 0 saturated heterocycles. The van der Waals surface area contributed by atoms with E-state index in [2.05, 4.69) is 5.43 Å². The zero-order valence-electron chi connectivity index (χ0n) is 11.0. The number of hydrogen-bond acceptors (Lipinski definition) is 4. The van der Waals surface area contributed by atoms with Crippen molar-refractivity contribution in [2.75, 3.05) is 6.79 Å². The van der Waals surface area contributed by atoms with Gasteiger partial charge in [0.05, 0.1) is 5.41 Å². The Labute approximate surface area is 112 Å². The molecule has 102 valence electrons. The van der Waals surface area contributed by atoms with Crippen LogP contribution in [0.4, 0.5) is 0 Å². The maximum absolute atomic E-state index is 12.3. The number of carbonyl (C=O) groups excluding carboxylic acids is 1. The van der Waals surface area contributed by atoms with Gasteiger partial charge in [0.15, 0.2) is 11.5 Å². The topological polar surface area (TPSA) is 73.6 Å². The van der Waals surface area contributed by atoms with E-state index in [-0.39, 0.29) is 12.7 Å². The first-order chi connectivity index (χ1) is 9.17. The molecule has 1 heterocycles. The minimum Gasteiger partial charge on any atom is -0.454 e. The molecule has 1 aromatic carbocycles. The summed E-state index contributed by atoms with van der Waals surface area (Å²) in [5.74, 6) is 6.75. The lowest BCUT2D eigenvalue weighted by Crippen LogP contribution is -2.46. The summed E-state index contributed by atoms with van der Waals surface area (Å²) in [6.45, 7) is 2.25. The highest BCUT2D eigenvalue weighted by Crippen LogP contribution is 2.46. The number of benzene rings is 1. The summed E-state index contributed by atoms with van der Waals surface area (Å²) in [6, 6.07) is 3.89. The average Bonchev–Trinajstić information content (AvgIpc) is 3.05. The van der Waals surface area contributed by atoms with Crippen LogP contribution in [0.2, 0.25) is 0 Å². The Hall–Kier alpha value is -1.75. The van der Waals surface area contributed by atoms with E-state index >= 15 is 0 Å². The number of amides is 1. The highest BCUT2D eigenvalue weighted by Gasteiger charge is 2.44. The van der Waals surface area contributed by atoms with Gasteiger partial charge in [-0.25, -0.2) is 5.84 Å². The summed E-state index contributed by atoms with van der Waals surface area (Å²) in [5, 5.41) is 0. The highest BCUT2D eigenvalue weighted by atomic mass is 16.7. The van der Waals surface area contributed by atoms with Crippen LogP contribution < -0.4 is 20.7 Å². The van der Waals surface area contributed by atoms with Crippen molar-refractivity contribution in [2.45, 2.75) is 38.0 Å². The Kier molecular flexibility index (Phi) is 2.86. The highest BCUT2D eigenvalue weighted by molar-refractivity contribution is 5.88. The minimum atomic E-state index is -0.514. The number of hydrazine groups is 1. The molecule has 0 atom stereocenters. The largest absolute Gasteiger partial charge is 0.454 e. The van der Waals surface area contributed by atoms with Crippen molar-refractivity contribution < 1.29 is 14.3 Å². The number of nitrogens with two attached hydrogens (primary N) is 1. The van der Waals surface area contributed by atoms with Gasteiger partial charge in [-0.3, -0.25) is 10.2 Å². The van der Waals surface area contributed by atoms with Crippen molar-refractivity contribution in [3.63, 3.8) is 0 Å². The standard InChI is InChI=1S/C14H18N2O3/c1-9-6-11-12(19-8-18-11)7-10(9)14(13(17)16-15)4-2-3-5-14/h6-7H,2-5,8,15H2,1H3,(H,16,17). The van der Waals surface area contributed by atoms with Crippen LogP contribution in [-0.2, 0) is 10.2 Å². The number of fused-ring (bicyclic) bond motifs is 1. The molecule has 0 bridgehead atoms. The van der Waals surface area contributed by atoms with Gasteiger partial charge in [-0.15, -0.1) is 0 Å². The van der Waals surface area contributed by atoms with Crippen LogP contribution in [0.1, 0.15) is 36.8 Å². The number of carbonyl (C=O) groups is 1. The maximum atomic E-state index is 12.3. The number of rotatable bonds is 2. The molecular formula is C14H18N2O3. The Balaban J connectivity index is 2.11. The summed E-state index contributed by atoms with van der Waals surface area (Å²) in [5.41, 5.74) is 3.88. The van der Waals surface area contributed by atoms with Crippen LogP contribution in [0.25, 0.3) is 0 Å². The number of nitrogens with one attached hydrogen (secondary N) is 1. The molecule has 1 saturated carbocycles. The molecule has 19 heavy (non-hydrogen) atoms. The molecule has 2 aliphatic rings. The molecule has 1 fully saturated rings. The lowest BCUT2D eigenvalue weighted by Gasteiger charge is -2.29. The monoisotopic (exact) mass is 262 g/mol. The van der Waals surface area contributed by atoms with Crippen LogP contribution in [-0.4, -0.2) is 12.7 Å². The second kappa shape index (κ2) is 4.42.